The maximum absolute atomic E-state index is 12.4. The standard InChI is InChI=1S/C14H20ClNO3S/c1-9(11-3-4-11)7-16-20(18,19)14-6-13(15)5-12(8-17)10(14)2/h5-6,9,11,16-17H,3-4,7-8H2,1-2H3. The second kappa shape index (κ2) is 6.02. The average Bonchev–Trinajstić information content (AvgIpc) is 3.22. The number of hydrogen-bond donors (Lipinski definition) is 2. The van der Waals surface area contributed by atoms with Gasteiger partial charge in [-0.15, -0.1) is 0 Å². The summed E-state index contributed by atoms with van der Waals surface area (Å²) in [6.45, 7) is 3.95. The molecule has 0 aliphatic heterocycles. The molecule has 1 saturated carbocycles. The summed E-state index contributed by atoms with van der Waals surface area (Å²) < 4.78 is 27.4. The lowest BCUT2D eigenvalue weighted by molar-refractivity contribution is 0.280. The Morgan fingerprint density at radius 1 is 1.45 bits per heavy atom. The van der Waals surface area contributed by atoms with Crippen molar-refractivity contribution in [2.75, 3.05) is 6.54 Å². The third kappa shape index (κ3) is 3.52. The number of aliphatic hydroxyl groups excluding tert-OH is 1. The number of nitrogens with one attached hydrogen (secondary N) is 1. The van der Waals surface area contributed by atoms with Crippen LogP contribution >= 0.6 is 11.6 Å². The summed E-state index contributed by atoms with van der Waals surface area (Å²) in [6.07, 6.45) is 2.38. The SMILES string of the molecule is Cc1c(CO)cc(Cl)cc1S(=O)(=O)NCC(C)C1CC1. The normalized spacial score (nSPS) is 17.2. The molecule has 1 atom stereocenters. The smallest absolute Gasteiger partial charge is 0.240 e. The van der Waals surface area contributed by atoms with Gasteiger partial charge in [0, 0.05) is 11.6 Å². The van der Waals surface area contributed by atoms with Crippen molar-refractivity contribution in [1.29, 1.82) is 0 Å². The summed E-state index contributed by atoms with van der Waals surface area (Å²) in [5.74, 6) is 0.993. The summed E-state index contributed by atoms with van der Waals surface area (Å²) in [5.41, 5.74) is 1.08. The van der Waals surface area contributed by atoms with Crippen LogP contribution < -0.4 is 4.72 Å². The molecule has 0 spiro atoms. The lowest BCUT2D eigenvalue weighted by Gasteiger charge is -2.15. The zero-order valence-corrected chi connectivity index (χ0v) is 13.3. The van der Waals surface area contributed by atoms with E-state index in [2.05, 4.69) is 11.6 Å². The Morgan fingerprint density at radius 2 is 2.10 bits per heavy atom. The van der Waals surface area contributed by atoms with Gasteiger partial charge in [-0.05, 0) is 54.9 Å². The molecule has 4 nitrogen and oxygen atoms in total. The first-order valence-corrected chi connectivity index (χ1v) is 8.61. The molecule has 2 rings (SSSR count). The molecule has 1 fully saturated rings. The minimum atomic E-state index is -3.59. The van der Waals surface area contributed by atoms with Crippen LogP contribution in [0.3, 0.4) is 0 Å². The van der Waals surface area contributed by atoms with Gasteiger partial charge in [0.2, 0.25) is 10.0 Å². The van der Waals surface area contributed by atoms with E-state index in [1.807, 2.05) is 0 Å². The van der Waals surface area contributed by atoms with E-state index in [0.717, 1.165) is 0 Å². The van der Waals surface area contributed by atoms with Crippen LogP contribution in [0.1, 0.15) is 30.9 Å². The topological polar surface area (TPSA) is 66.4 Å². The van der Waals surface area contributed by atoms with Crippen molar-refractivity contribution in [1.82, 2.24) is 4.72 Å². The van der Waals surface area contributed by atoms with Crippen LogP contribution in [0.5, 0.6) is 0 Å². The van der Waals surface area contributed by atoms with Crippen molar-refractivity contribution in [2.24, 2.45) is 11.8 Å². The molecular weight excluding hydrogens is 298 g/mol. The van der Waals surface area contributed by atoms with Gasteiger partial charge >= 0.3 is 0 Å². The van der Waals surface area contributed by atoms with E-state index in [9.17, 15) is 13.5 Å². The van der Waals surface area contributed by atoms with E-state index in [4.69, 9.17) is 11.6 Å². The fraction of sp³-hybridized carbons (Fsp3) is 0.571. The fourth-order valence-electron chi connectivity index (χ4n) is 2.30. The van der Waals surface area contributed by atoms with Crippen LogP contribution in [0.2, 0.25) is 5.02 Å². The maximum atomic E-state index is 12.4. The highest BCUT2D eigenvalue weighted by Crippen LogP contribution is 2.36. The second-order valence-electron chi connectivity index (χ2n) is 5.51. The van der Waals surface area contributed by atoms with Crippen molar-refractivity contribution in [3.63, 3.8) is 0 Å². The summed E-state index contributed by atoms with van der Waals surface area (Å²) in [4.78, 5) is 0.150. The number of hydrogen-bond acceptors (Lipinski definition) is 3. The van der Waals surface area contributed by atoms with E-state index in [1.165, 1.54) is 18.9 Å². The van der Waals surface area contributed by atoms with Gasteiger partial charge in [0.25, 0.3) is 0 Å². The number of rotatable bonds is 6. The molecule has 1 aromatic carbocycles. The van der Waals surface area contributed by atoms with Crippen molar-refractivity contribution in [3.05, 3.63) is 28.3 Å². The van der Waals surface area contributed by atoms with E-state index < -0.39 is 10.0 Å². The lowest BCUT2D eigenvalue weighted by Crippen LogP contribution is -2.29. The summed E-state index contributed by atoms with van der Waals surface area (Å²) in [5, 5.41) is 9.57. The van der Waals surface area contributed by atoms with E-state index in [-0.39, 0.29) is 11.5 Å². The molecule has 2 N–H and O–H groups in total. The zero-order valence-electron chi connectivity index (χ0n) is 11.7. The van der Waals surface area contributed by atoms with Crippen molar-refractivity contribution < 1.29 is 13.5 Å². The third-order valence-electron chi connectivity index (χ3n) is 3.91. The highest BCUT2D eigenvalue weighted by atomic mass is 35.5. The molecule has 0 amide bonds. The van der Waals surface area contributed by atoms with Gasteiger partial charge in [0.15, 0.2) is 0 Å². The van der Waals surface area contributed by atoms with Crippen molar-refractivity contribution in [3.8, 4) is 0 Å². The van der Waals surface area contributed by atoms with Crippen LogP contribution in [-0.4, -0.2) is 20.1 Å². The molecule has 0 radical (unpaired) electrons. The lowest BCUT2D eigenvalue weighted by atomic mass is 10.1. The largest absolute Gasteiger partial charge is 0.392 e. The predicted molar refractivity (Wildman–Crippen MR) is 79.2 cm³/mol. The Labute approximate surface area is 125 Å². The Hall–Kier alpha value is -0.620. The average molecular weight is 318 g/mol. The first kappa shape index (κ1) is 15.8. The van der Waals surface area contributed by atoms with Gasteiger partial charge in [-0.1, -0.05) is 18.5 Å². The van der Waals surface area contributed by atoms with Crippen LogP contribution in [0.15, 0.2) is 17.0 Å². The molecule has 0 bridgehead atoms. The molecule has 0 heterocycles. The Kier molecular flexibility index (Phi) is 4.74. The van der Waals surface area contributed by atoms with Gasteiger partial charge in [-0.3, -0.25) is 0 Å². The monoisotopic (exact) mass is 317 g/mol. The van der Waals surface area contributed by atoms with E-state index in [1.54, 1.807) is 13.0 Å². The van der Waals surface area contributed by atoms with Crippen LogP contribution in [0, 0.1) is 18.8 Å². The second-order valence-corrected chi connectivity index (χ2v) is 7.68. The molecule has 6 heteroatoms. The zero-order chi connectivity index (χ0) is 14.9. The summed E-state index contributed by atoms with van der Waals surface area (Å²) >= 11 is 5.93. The molecule has 20 heavy (non-hydrogen) atoms. The first-order valence-electron chi connectivity index (χ1n) is 6.74. The minimum Gasteiger partial charge on any atom is -0.392 e. The van der Waals surface area contributed by atoms with Crippen LogP contribution in [-0.2, 0) is 16.6 Å². The molecular formula is C14H20ClNO3S. The highest BCUT2D eigenvalue weighted by molar-refractivity contribution is 7.89. The van der Waals surface area contributed by atoms with Gasteiger partial charge in [0.1, 0.15) is 0 Å². The number of sulfonamides is 1. The van der Waals surface area contributed by atoms with Crippen LogP contribution in [0.25, 0.3) is 0 Å². The van der Waals surface area contributed by atoms with Gasteiger partial charge in [-0.2, -0.15) is 0 Å². The summed E-state index contributed by atoms with van der Waals surface area (Å²) in [7, 11) is -3.59. The molecule has 0 saturated heterocycles. The Balaban J connectivity index is 2.22. The quantitative estimate of drug-likeness (QED) is 0.847. The Morgan fingerprint density at radius 3 is 2.65 bits per heavy atom. The Bertz CT molecular complexity index is 597. The number of aliphatic hydroxyl groups is 1. The van der Waals surface area contributed by atoms with Crippen molar-refractivity contribution in [2.45, 2.75) is 38.2 Å². The van der Waals surface area contributed by atoms with Gasteiger partial charge < -0.3 is 5.11 Å². The first-order chi connectivity index (χ1) is 9.35. The molecule has 0 aromatic heterocycles. The molecule has 112 valence electrons. The van der Waals surface area contributed by atoms with Crippen LogP contribution in [0.4, 0.5) is 0 Å². The maximum Gasteiger partial charge on any atom is 0.240 e. The van der Waals surface area contributed by atoms with Gasteiger partial charge in [-0.25, -0.2) is 13.1 Å². The molecule has 1 unspecified atom stereocenters. The van der Waals surface area contributed by atoms with E-state index >= 15 is 0 Å². The molecule has 1 aromatic rings. The minimum absolute atomic E-state index is 0.150. The molecule has 1 aliphatic carbocycles. The fourth-order valence-corrected chi connectivity index (χ4v) is 4.06. The summed E-state index contributed by atoms with van der Waals surface area (Å²) in [6, 6.07) is 3.02. The van der Waals surface area contributed by atoms with Crippen molar-refractivity contribution >= 4 is 21.6 Å². The predicted octanol–water partition coefficient (Wildman–Crippen LogP) is 2.47. The van der Waals surface area contributed by atoms with Gasteiger partial charge in [0.05, 0.1) is 11.5 Å². The number of benzene rings is 1. The third-order valence-corrected chi connectivity index (χ3v) is 5.68. The van der Waals surface area contributed by atoms with E-state index in [0.29, 0.717) is 34.5 Å². The molecule has 1 aliphatic rings. The number of halogens is 1. The highest BCUT2D eigenvalue weighted by Gasteiger charge is 2.29.